The van der Waals surface area contributed by atoms with Crippen molar-refractivity contribution in [2.24, 2.45) is 0 Å². The minimum absolute atomic E-state index is 0.0593. The predicted molar refractivity (Wildman–Crippen MR) is 123 cm³/mol. The van der Waals surface area contributed by atoms with Gasteiger partial charge in [-0.05, 0) is 55.0 Å². The molecule has 2 aromatic heterocycles. The average Bonchev–Trinajstić information content (AvgIpc) is 2.78. The number of carbonyl (C=O) groups is 2. The van der Waals surface area contributed by atoms with Crippen LogP contribution in [0, 0.1) is 12.7 Å². The minimum Gasteiger partial charge on any atom is -0.337 e. The highest BCUT2D eigenvalue weighted by atomic mass is 79.9. The number of amides is 1. The molecular formula is C24H17BrFN3O3. The molecule has 2 aromatic carbocycles. The SMILES string of the molecule is Cc1ccc(NC(=O)Cn2cc(C(=O)c3ccncc3)c(=O)c3cc(Br)ccc32)cc1F. The van der Waals surface area contributed by atoms with E-state index in [0.29, 0.717) is 32.2 Å². The third-order valence-electron chi connectivity index (χ3n) is 5.00. The lowest BCUT2D eigenvalue weighted by Crippen LogP contribution is -2.24. The standard InChI is InChI=1S/C24H17BrFN3O3/c1-14-2-4-17(11-20(14)26)28-22(30)13-29-12-19(23(31)15-6-8-27-9-7-15)24(32)18-10-16(25)3-5-21(18)29/h2-12H,13H2,1H3,(H,28,30). The van der Waals surface area contributed by atoms with E-state index in [0.717, 1.165) is 0 Å². The van der Waals surface area contributed by atoms with Crippen molar-refractivity contribution < 1.29 is 14.0 Å². The van der Waals surface area contributed by atoms with Gasteiger partial charge in [0.1, 0.15) is 12.4 Å². The molecule has 160 valence electrons. The molecule has 0 aliphatic rings. The maximum Gasteiger partial charge on any atom is 0.244 e. The molecule has 0 aliphatic heterocycles. The molecule has 0 aliphatic carbocycles. The molecule has 1 N–H and O–H groups in total. The molecule has 6 nitrogen and oxygen atoms in total. The molecule has 0 atom stereocenters. The van der Waals surface area contributed by atoms with Gasteiger partial charge in [-0.1, -0.05) is 22.0 Å². The number of aromatic nitrogens is 2. The fraction of sp³-hybridized carbons (Fsp3) is 0.0833. The van der Waals surface area contributed by atoms with Gasteiger partial charge in [0, 0.05) is 39.7 Å². The molecule has 32 heavy (non-hydrogen) atoms. The number of benzene rings is 2. The topological polar surface area (TPSA) is 81.1 Å². The highest BCUT2D eigenvalue weighted by molar-refractivity contribution is 9.10. The normalized spacial score (nSPS) is 10.8. The maximum atomic E-state index is 13.8. The Morgan fingerprint density at radius 3 is 2.56 bits per heavy atom. The average molecular weight is 494 g/mol. The number of aryl methyl sites for hydroxylation is 1. The lowest BCUT2D eigenvalue weighted by Gasteiger charge is -2.14. The van der Waals surface area contributed by atoms with E-state index in [9.17, 15) is 18.8 Å². The van der Waals surface area contributed by atoms with Crippen molar-refractivity contribution in [1.82, 2.24) is 9.55 Å². The number of anilines is 1. The molecule has 0 unspecified atom stereocenters. The third-order valence-corrected chi connectivity index (χ3v) is 5.49. The van der Waals surface area contributed by atoms with Crippen molar-refractivity contribution in [3.8, 4) is 0 Å². The van der Waals surface area contributed by atoms with Crippen LogP contribution in [0.3, 0.4) is 0 Å². The van der Waals surface area contributed by atoms with Gasteiger partial charge in [-0.15, -0.1) is 0 Å². The molecule has 1 amide bonds. The van der Waals surface area contributed by atoms with Gasteiger partial charge in [-0.3, -0.25) is 19.4 Å². The number of fused-ring (bicyclic) bond motifs is 1. The van der Waals surface area contributed by atoms with Crippen LogP contribution in [-0.2, 0) is 11.3 Å². The number of nitrogens with one attached hydrogen (secondary N) is 1. The van der Waals surface area contributed by atoms with E-state index in [4.69, 9.17) is 0 Å². The summed E-state index contributed by atoms with van der Waals surface area (Å²) in [5, 5.41) is 2.95. The zero-order chi connectivity index (χ0) is 22.8. The highest BCUT2D eigenvalue weighted by Crippen LogP contribution is 2.20. The summed E-state index contributed by atoms with van der Waals surface area (Å²) in [6, 6.07) is 12.5. The molecule has 8 heteroatoms. The van der Waals surface area contributed by atoms with Crippen molar-refractivity contribution in [3.63, 3.8) is 0 Å². The number of hydrogen-bond donors (Lipinski definition) is 1. The fourth-order valence-corrected chi connectivity index (χ4v) is 3.71. The van der Waals surface area contributed by atoms with Crippen LogP contribution in [0.2, 0.25) is 0 Å². The van der Waals surface area contributed by atoms with E-state index >= 15 is 0 Å². The van der Waals surface area contributed by atoms with E-state index in [1.54, 1.807) is 37.3 Å². The zero-order valence-corrected chi connectivity index (χ0v) is 18.5. The Morgan fingerprint density at radius 2 is 1.84 bits per heavy atom. The van der Waals surface area contributed by atoms with E-state index in [2.05, 4.69) is 26.2 Å². The summed E-state index contributed by atoms with van der Waals surface area (Å²) >= 11 is 3.35. The summed E-state index contributed by atoms with van der Waals surface area (Å²) in [6.07, 6.45) is 4.33. The third kappa shape index (κ3) is 4.36. The van der Waals surface area contributed by atoms with Gasteiger partial charge in [0.2, 0.25) is 11.3 Å². The van der Waals surface area contributed by atoms with E-state index in [-0.39, 0.29) is 12.1 Å². The van der Waals surface area contributed by atoms with Crippen molar-refractivity contribution in [2.75, 3.05) is 5.32 Å². The summed E-state index contributed by atoms with van der Waals surface area (Å²) in [7, 11) is 0. The van der Waals surface area contributed by atoms with E-state index in [1.165, 1.54) is 41.4 Å². The molecule has 0 saturated heterocycles. The summed E-state index contributed by atoms with van der Waals surface area (Å²) in [4.78, 5) is 42.7. The Hall–Kier alpha value is -3.65. The summed E-state index contributed by atoms with van der Waals surface area (Å²) < 4.78 is 16.0. The van der Waals surface area contributed by atoms with Gasteiger partial charge < -0.3 is 9.88 Å². The highest BCUT2D eigenvalue weighted by Gasteiger charge is 2.18. The van der Waals surface area contributed by atoms with Crippen LogP contribution in [0.15, 0.2) is 76.4 Å². The second-order valence-corrected chi connectivity index (χ2v) is 8.15. The smallest absolute Gasteiger partial charge is 0.244 e. The van der Waals surface area contributed by atoms with Gasteiger partial charge in [0.15, 0.2) is 5.78 Å². The number of nitrogens with zero attached hydrogens (tertiary/aromatic N) is 2. The fourth-order valence-electron chi connectivity index (χ4n) is 3.35. The Morgan fingerprint density at radius 1 is 1.09 bits per heavy atom. The van der Waals surface area contributed by atoms with Crippen LogP contribution >= 0.6 is 15.9 Å². The molecule has 0 saturated carbocycles. The number of hydrogen-bond acceptors (Lipinski definition) is 4. The Balaban J connectivity index is 1.75. The number of pyridine rings is 2. The monoisotopic (exact) mass is 493 g/mol. The molecule has 0 spiro atoms. The van der Waals surface area contributed by atoms with Crippen LogP contribution < -0.4 is 10.7 Å². The van der Waals surface area contributed by atoms with Crippen LogP contribution in [0.25, 0.3) is 10.9 Å². The van der Waals surface area contributed by atoms with Crippen LogP contribution in [0.4, 0.5) is 10.1 Å². The summed E-state index contributed by atoms with van der Waals surface area (Å²) in [6.45, 7) is 1.46. The molecule has 2 heterocycles. The van der Waals surface area contributed by atoms with Crippen molar-refractivity contribution in [1.29, 1.82) is 0 Å². The van der Waals surface area contributed by atoms with Gasteiger partial charge in [-0.2, -0.15) is 0 Å². The Bertz CT molecular complexity index is 1420. The van der Waals surface area contributed by atoms with Gasteiger partial charge in [0.25, 0.3) is 0 Å². The first kappa shape index (κ1) is 21.6. The second kappa shape index (κ2) is 8.84. The second-order valence-electron chi connectivity index (χ2n) is 7.24. The molecule has 0 bridgehead atoms. The Kier molecular flexibility index (Phi) is 5.96. The number of halogens is 2. The van der Waals surface area contributed by atoms with Crippen molar-refractivity contribution in [3.05, 3.63) is 104 Å². The van der Waals surface area contributed by atoms with Crippen molar-refractivity contribution in [2.45, 2.75) is 13.5 Å². The molecule has 0 radical (unpaired) electrons. The Labute approximate surface area is 190 Å². The molecule has 4 aromatic rings. The van der Waals surface area contributed by atoms with Crippen LogP contribution in [0.1, 0.15) is 21.5 Å². The van der Waals surface area contributed by atoms with E-state index in [1.807, 2.05) is 0 Å². The van der Waals surface area contributed by atoms with E-state index < -0.39 is 22.9 Å². The van der Waals surface area contributed by atoms with Crippen molar-refractivity contribution >= 4 is 44.2 Å². The lowest BCUT2D eigenvalue weighted by molar-refractivity contribution is -0.116. The molecule has 0 fully saturated rings. The molecule has 4 rings (SSSR count). The van der Waals surface area contributed by atoms with Gasteiger partial charge >= 0.3 is 0 Å². The first-order valence-corrected chi connectivity index (χ1v) is 10.5. The minimum atomic E-state index is -0.464. The lowest BCUT2D eigenvalue weighted by atomic mass is 10.0. The number of rotatable bonds is 5. The van der Waals surface area contributed by atoms with Gasteiger partial charge in [0.05, 0.1) is 11.1 Å². The molecular weight excluding hydrogens is 477 g/mol. The summed E-state index contributed by atoms with van der Waals surface area (Å²) in [5.74, 6) is -1.32. The van der Waals surface area contributed by atoms with Crippen LogP contribution in [-0.4, -0.2) is 21.2 Å². The first-order valence-electron chi connectivity index (χ1n) is 9.67. The van der Waals surface area contributed by atoms with Crippen LogP contribution in [0.5, 0.6) is 0 Å². The first-order chi connectivity index (χ1) is 15.3. The zero-order valence-electron chi connectivity index (χ0n) is 16.9. The largest absolute Gasteiger partial charge is 0.337 e. The number of carbonyl (C=O) groups excluding carboxylic acids is 2. The number of ketones is 1. The quantitative estimate of drug-likeness (QED) is 0.415. The maximum absolute atomic E-state index is 13.8. The van der Waals surface area contributed by atoms with Gasteiger partial charge in [-0.25, -0.2) is 4.39 Å². The summed E-state index contributed by atoms with van der Waals surface area (Å²) in [5.41, 5.74) is 1.11. The predicted octanol–water partition coefficient (Wildman–Crippen LogP) is 4.48.